The molecule has 160 valence electrons. The normalized spacial score (nSPS) is 11.4. The van der Waals surface area contributed by atoms with Crippen LogP contribution in [0.1, 0.15) is 25.3 Å². The first-order chi connectivity index (χ1) is 14.3. The summed E-state index contributed by atoms with van der Waals surface area (Å²) in [5, 5.41) is 5.87. The quantitative estimate of drug-likeness (QED) is 0.499. The van der Waals surface area contributed by atoms with E-state index in [4.69, 9.17) is 4.52 Å². The fourth-order valence-corrected chi connectivity index (χ4v) is 4.55. The Balaban J connectivity index is 1.78. The number of thiophene rings is 1. The maximum Gasteiger partial charge on any atom is 0.246 e. The number of anilines is 1. The van der Waals surface area contributed by atoms with Gasteiger partial charge in [0.1, 0.15) is 13.1 Å². The summed E-state index contributed by atoms with van der Waals surface area (Å²) in [7, 11) is -3.65. The molecule has 0 N–H and O–H groups in total. The van der Waals surface area contributed by atoms with Crippen molar-refractivity contribution in [1.82, 2.24) is 15.0 Å². The number of nitrogens with zero attached hydrogens (tertiary/aromatic N) is 4. The third-order valence-corrected chi connectivity index (χ3v) is 6.58. The predicted molar refractivity (Wildman–Crippen MR) is 117 cm³/mol. The molecule has 0 saturated heterocycles. The molecule has 1 amide bonds. The molecular weight excluding hydrogens is 424 g/mol. The van der Waals surface area contributed by atoms with Gasteiger partial charge in [0.2, 0.25) is 27.6 Å². The molecule has 2 heterocycles. The Morgan fingerprint density at radius 1 is 1.17 bits per heavy atom. The van der Waals surface area contributed by atoms with Crippen LogP contribution in [0, 0.1) is 0 Å². The highest BCUT2D eigenvalue weighted by molar-refractivity contribution is 7.92. The van der Waals surface area contributed by atoms with Gasteiger partial charge in [-0.2, -0.15) is 4.98 Å². The Hall–Kier alpha value is -2.72. The lowest BCUT2D eigenvalue weighted by Crippen LogP contribution is -2.42. The van der Waals surface area contributed by atoms with Crippen molar-refractivity contribution in [2.45, 2.75) is 26.8 Å². The number of sulfonamides is 1. The van der Waals surface area contributed by atoms with Gasteiger partial charge < -0.3 is 9.42 Å². The van der Waals surface area contributed by atoms with Crippen LogP contribution in [0.3, 0.4) is 0 Å². The van der Waals surface area contributed by atoms with Crippen molar-refractivity contribution < 1.29 is 17.7 Å². The first-order valence-corrected chi connectivity index (χ1v) is 12.3. The zero-order chi connectivity index (χ0) is 21.7. The summed E-state index contributed by atoms with van der Waals surface area (Å²) in [6.45, 7) is 3.96. The van der Waals surface area contributed by atoms with Crippen molar-refractivity contribution in [2.24, 2.45) is 0 Å². The maximum atomic E-state index is 13.0. The number of likely N-dealkylation sites (N-methyl/N-ethyl adjacent to an activating group) is 1. The van der Waals surface area contributed by atoms with Crippen LogP contribution in [0.4, 0.5) is 5.69 Å². The van der Waals surface area contributed by atoms with Crippen molar-refractivity contribution in [1.29, 1.82) is 0 Å². The van der Waals surface area contributed by atoms with E-state index in [-0.39, 0.29) is 19.0 Å². The monoisotopic (exact) mass is 448 g/mol. The van der Waals surface area contributed by atoms with E-state index in [1.807, 2.05) is 43.5 Å². The van der Waals surface area contributed by atoms with Crippen LogP contribution in [0.25, 0.3) is 10.7 Å². The van der Waals surface area contributed by atoms with E-state index >= 15 is 0 Å². The van der Waals surface area contributed by atoms with Crippen molar-refractivity contribution in [3.8, 4) is 10.7 Å². The Bertz CT molecular complexity index is 1090. The van der Waals surface area contributed by atoms with E-state index in [0.717, 1.165) is 21.0 Å². The number of amides is 1. The van der Waals surface area contributed by atoms with Crippen LogP contribution in [-0.4, -0.2) is 48.7 Å². The number of benzene rings is 1. The van der Waals surface area contributed by atoms with Gasteiger partial charge in [-0.05, 0) is 36.4 Å². The molecule has 0 aliphatic heterocycles. The van der Waals surface area contributed by atoms with Gasteiger partial charge >= 0.3 is 0 Å². The predicted octanol–water partition coefficient (Wildman–Crippen LogP) is 3.18. The number of carbonyl (C=O) groups excluding carboxylic acids is 1. The second-order valence-electron chi connectivity index (χ2n) is 6.65. The molecule has 0 radical (unpaired) electrons. The lowest BCUT2D eigenvalue weighted by molar-refractivity contribution is -0.130. The van der Waals surface area contributed by atoms with Gasteiger partial charge in [0.15, 0.2) is 0 Å². The SMILES string of the molecule is CCc1ccccc1N(CC(=O)N(CC)Cc1nc(-c2cccs2)no1)S(C)(=O)=O. The molecule has 1 aromatic carbocycles. The Kier molecular flexibility index (Phi) is 6.88. The van der Waals surface area contributed by atoms with E-state index < -0.39 is 10.0 Å². The molecule has 0 unspecified atom stereocenters. The maximum absolute atomic E-state index is 13.0. The van der Waals surface area contributed by atoms with Crippen LogP contribution < -0.4 is 4.31 Å². The minimum atomic E-state index is -3.65. The average molecular weight is 449 g/mol. The highest BCUT2D eigenvalue weighted by atomic mass is 32.2. The number of hydrogen-bond acceptors (Lipinski definition) is 7. The molecule has 0 saturated carbocycles. The highest BCUT2D eigenvalue weighted by Gasteiger charge is 2.26. The molecular formula is C20H24N4O4S2. The molecule has 0 atom stereocenters. The summed E-state index contributed by atoms with van der Waals surface area (Å²) < 4.78 is 31.3. The largest absolute Gasteiger partial charge is 0.337 e. The van der Waals surface area contributed by atoms with Crippen molar-refractivity contribution in [3.05, 3.63) is 53.2 Å². The van der Waals surface area contributed by atoms with Gasteiger partial charge in [-0.15, -0.1) is 11.3 Å². The van der Waals surface area contributed by atoms with E-state index in [0.29, 0.717) is 30.4 Å². The molecule has 30 heavy (non-hydrogen) atoms. The van der Waals surface area contributed by atoms with Crippen molar-refractivity contribution in [2.75, 3.05) is 23.7 Å². The van der Waals surface area contributed by atoms with Crippen LogP contribution in [0.15, 0.2) is 46.3 Å². The second-order valence-corrected chi connectivity index (χ2v) is 9.50. The summed E-state index contributed by atoms with van der Waals surface area (Å²) in [6, 6.07) is 11.0. The fourth-order valence-electron chi connectivity index (χ4n) is 3.02. The molecule has 0 bridgehead atoms. The smallest absolute Gasteiger partial charge is 0.246 e. The van der Waals surface area contributed by atoms with Gasteiger partial charge in [0.25, 0.3) is 0 Å². The Morgan fingerprint density at radius 3 is 2.57 bits per heavy atom. The lowest BCUT2D eigenvalue weighted by Gasteiger charge is -2.27. The van der Waals surface area contributed by atoms with Gasteiger partial charge in [-0.1, -0.05) is 36.3 Å². The topological polar surface area (TPSA) is 96.6 Å². The van der Waals surface area contributed by atoms with Crippen LogP contribution >= 0.6 is 11.3 Å². The van der Waals surface area contributed by atoms with Gasteiger partial charge in [0.05, 0.1) is 16.8 Å². The Morgan fingerprint density at radius 2 is 1.93 bits per heavy atom. The van der Waals surface area contributed by atoms with Crippen molar-refractivity contribution in [3.63, 3.8) is 0 Å². The number of rotatable bonds is 9. The van der Waals surface area contributed by atoms with Crippen LogP contribution in [-0.2, 0) is 27.8 Å². The van der Waals surface area contributed by atoms with E-state index in [1.165, 1.54) is 16.2 Å². The summed E-state index contributed by atoms with van der Waals surface area (Å²) in [4.78, 5) is 19.7. The number of aryl methyl sites for hydroxylation is 1. The van der Waals surface area contributed by atoms with Crippen molar-refractivity contribution >= 4 is 33.0 Å². The number of carbonyl (C=O) groups is 1. The molecule has 3 aromatic rings. The molecule has 0 aliphatic carbocycles. The molecule has 8 nitrogen and oxygen atoms in total. The second kappa shape index (κ2) is 9.40. The lowest BCUT2D eigenvalue weighted by atomic mass is 10.1. The van der Waals surface area contributed by atoms with E-state index in [2.05, 4.69) is 10.1 Å². The van der Waals surface area contributed by atoms with Gasteiger partial charge in [0, 0.05) is 6.54 Å². The van der Waals surface area contributed by atoms with Gasteiger partial charge in [-0.3, -0.25) is 9.10 Å². The van der Waals surface area contributed by atoms with Crippen LogP contribution in [0.5, 0.6) is 0 Å². The molecule has 3 rings (SSSR count). The third-order valence-electron chi connectivity index (χ3n) is 4.59. The Labute approximate surface area is 180 Å². The summed E-state index contributed by atoms with van der Waals surface area (Å²) in [6.07, 6.45) is 1.76. The zero-order valence-electron chi connectivity index (χ0n) is 17.1. The minimum Gasteiger partial charge on any atom is -0.337 e. The van der Waals surface area contributed by atoms with Gasteiger partial charge in [-0.25, -0.2) is 8.42 Å². The zero-order valence-corrected chi connectivity index (χ0v) is 18.7. The number of hydrogen-bond donors (Lipinski definition) is 0. The standard InChI is InChI=1S/C20H24N4O4S2/c1-4-15-9-6-7-10-16(15)24(30(3,26)27)14-19(25)23(5-2)13-18-21-20(22-28-18)17-11-8-12-29-17/h6-12H,4-5,13-14H2,1-3H3. The molecule has 10 heteroatoms. The summed E-state index contributed by atoms with van der Waals surface area (Å²) >= 11 is 1.49. The third kappa shape index (κ3) is 5.06. The first kappa shape index (κ1) is 22.0. The highest BCUT2D eigenvalue weighted by Crippen LogP contribution is 2.24. The molecule has 0 fully saturated rings. The summed E-state index contributed by atoms with van der Waals surface area (Å²) in [5.74, 6) is 0.427. The van der Waals surface area contributed by atoms with E-state index in [9.17, 15) is 13.2 Å². The molecule has 2 aromatic heterocycles. The average Bonchev–Trinajstić information content (AvgIpc) is 3.40. The number of para-hydroxylation sites is 1. The van der Waals surface area contributed by atoms with Crippen LogP contribution in [0.2, 0.25) is 0 Å². The molecule has 0 spiro atoms. The molecule has 0 aliphatic rings. The fraction of sp³-hybridized carbons (Fsp3) is 0.350. The minimum absolute atomic E-state index is 0.112. The first-order valence-electron chi connectivity index (χ1n) is 9.53. The van der Waals surface area contributed by atoms with E-state index in [1.54, 1.807) is 12.1 Å². The number of aromatic nitrogens is 2. The summed E-state index contributed by atoms with van der Waals surface area (Å²) in [5.41, 5.74) is 1.38.